The Bertz CT molecular complexity index is 611. The van der Waals surface area contributed by atoms with E-state index in [4.69, 9.17) is 5.11 Å². The van der Waals surface area contributed by atoms with Gasteiger partial charge in [-0.3, -0.25) is 9.59 Å². The summed E-state index contributed by atoms with van der Waals surface area (Å²) in [5.74, 6) is 2.50. The second-order valence-electron chi connectivity index (χ2n) is 7.10. The van der Waals surface area contributed by atoms with Gasteiger partial charge in [-0.05, 0) is 67.1 Å². The summed E-state index contributed by atoms with van der Waals surface area (Å²) in [6.07, 6.45) is 4.61. The van der Waals surface area contributed by atoms with Crippen LogP contribution in [0.1, 0.15) is 31.2 Å². The molecular weight excluding hydrogens is 278 g/mol. The van der Waals surface area contributed by atoms with E-state index in [9.17, 15) is 9.59 Å². The molecule has 4 atom stereocenters. The fraction of sp³-hybridized carbons (Fsp3) is 0.556. The number of carboxylic acids is 1. The number of aryl methyl sites for hydroxylation is 1. The van der Waals surface area contributed by atoms with E-state index in [2.05, 4.69) is 5.32 Å². The summed E-state index contributed by atoms with van der Waals surface area (Å²) in [6, 6.07) is 7.57. The van der Waals surface area contributed by atoms with E-state index in [0.717, 1.165) is 23.1 Å². The number of carbonyl (C=O) groups is 2. The first-order chi connectivity index (χ1) is 10.6. The highest BCUT2D eigenvalue weighted by Gasteiger charge is 2.67. The van der Waals surface area contributed by atoms with Crippen LogP contribution in [0.2, 0.25) is 0 Å². The molecule has 22 heavy (non-hydrogen) atoms. The van der Waals surface area contributed by atoms with Crippen LogP contribution >= 0.6 is 0 Å². The summed E-state index contributed by atoms with van der Waals surface area (Å²) >= 11 is 0. The Morgan fingerprint density at radius 2 is 1.91 bits per heavy atom. The van der Waals surface area contributed by atoms with Crippen molar-refractivity contribution < 1.29 is 14.7 Å². The third kappa shape index (κ3) is 2.31. The second kappa shape index (κ2) is 5.11. The van der Waals surface area contributed by atoms with Crippen molar-refractivity contribution in [2.24, 2.45) is 29.6 Å². The molecule has 0 radical (unpaired) electrons. The maximum absolute atomic E-state index is 12.5. The fourth-order valence-corrected chi connectivity index (χ4v) is 4.96. The number of hydrogen-bond donors (Lipinski definition) is 2. The van der Waals surface area contributed by atoms with Crippen molar-refractivity contribution in [3.63, 3.8) is 0 Å². The molecule has 3 aliphatic carbocycles. The second-order valence-corrected chi connectivity index (χ2v) is 7.10. The quantitative estimate of drug-likeness (QED) is 0.878. The van der Waals surface area contributed by atoms with Gasteiger partial charge < -0.3 is 10.4 Å². The molecule has 0 heterocycles. The molecule has 3 aliphatic rings. The summed E-state index contributed by atoms with van der Waals surface area (Å²) in [7, 11) is 0. The lowest BCUT2D eigenvalue weighted by atomic mass is 10.0. The van der Waals surface area contributed by atoms with Crippen LogP contribution in [-0.2, 0) is 16.0 Å². The van der Waals surface area contributed by atoms with Gasteiger partial charge in [0.15, 0.2) is 0 Å². The van der Waals surface area contributed by atoms with Gasteiger partial charge in [0.2, 0.25) is 5.91 Å². The third-order valence-corrected chi connectivity index (χ3v) is 5.86. The molecule has 4 nitrogen and oxygen atoms in total. The first kappa shape index (κ1) is 13.8. The predicted octanol–water partition coefficient (Wildman–Crippen LogP) is 2.93. The molecule has 3 saturated carbocycles. The number of nitrogens with one attached hydrogen (secondary N) is 1. The van der Waals surface area contributed by atoms with Crippen LogP contribution in [0.5, 0.6) is 0 Å². The Labute approximate surface area is 129 Å². The zero-order chi connectivity index (χ0) is 15.3. The molecule has 4 heteroatoms. The van der Waals surface area contributed by atoms with Crippen LogP contribution in [0.25, 0.3) is 0 Å². The molecule has 1 aromatic carbocycles. The van der Waals surface area contributed by atoms with Crippen molar-refractivity contribution in [3.8, 4) is 0 Å². The minimum Gasteiger partial charge on any atom is -0.481 e. The molecule has 3 fully saturated rings. The number of carboxylic acid groups (broad SMARTS) is 1. The van der Waals surface area contributed by atoms with E-state index in [1.807, 2.05) is 24.3 Å². The van der Waals surface area contributed by atoms with Gasteiger partial charge >= 0.3 is 5.97 Å². The summed E-state index contributed by atoms with van der Waals surface area (Å²) in [4.78, 5) is 23.1. The van der Waals surface area contributed by atoms with E-state index in [0.29, 0.717) is 18.3 Å². The maximum atomic E-state index is 12.5. The molecule has 0 saturated heterocycles. The summed E-state index contributed by atoms with van der Waals surface area (Å²) in [5.41, 5.74) is 1.75. The zero-order valence-corrected chi connectivity index (χ0v) is 12.5. The third-order valence-electron chi connectivity index (χ3n) is 5.86. The molecule has 2 bridgehead atoms. The minimum atomic E-state index is -0.796. The Balaban J connectivity index is 1.38. The molecule has 0 aromatic heterocycles. The number of rotatable bonds is 5. The number of aliphatic carboxylic acids is 1. The zero-order valence-electron chi connectivity index (χ0n) is 12.5. The summed E-state index contributed by atoms with van der Waals surface area (Å²) < 4.78 is 0. The Morgan fingerprint density at radius 1 is 1.18 bits per heavy atom. The molecular formula is C18H21NO3. The Hall–Kier alpha value is -1.84. The van der Waals surface area contributed by atoms with Crippen molar-refractivity contribution in [3.05, 3.63) is 29.8 Å². The summed E-state index contributed by atoms with van der Waals surface area (Å²) in [5, 5.41) is 11.8. The van der Waals surface area contributed by atoms with Crippen LogP contribution in [0, 0.1) is 29.6 Å². The highest BCUT2D eigenvalue weighted by Crippen LogP contribution is 2.69. The molecule has 1 aromatic rings. The summed E-state index contributed by atoms with van der Waals surface area (Å²) in [6.45, 7) is 0. The number of hydrogen-bond acceptors (Lipinski definition) is 2. The van der Waals surface area contributed by atoms with Gasteiger partial charge in [-0.2, -0.15) is 0 Å². The average Bonchev–Trinajstić information content (AvgIpc) is 2.94. The van der Waals surface area contributed by atoms with E-state index in [-0.39, 0.29) is 18.2 Å². The predicted molar refractivity (Wildman–Crippen MR) is 82.3 cm³/mol. The number of carbonyl (C=O) groups excluding carboxylic acids is 1. The van der Waals surface area contributed by atoms with Crippen LogP contribution in [0.15, 0.2) is 24.3 Å². The molecule has 1 amide bonds. The largest absolute Gasteiger partial charge is 0.481 e. The van der Waals surface area contributed by atoms with E-state index in [1.54, 1.807) is 0 Å². The van der Waals surface area contributed by atoms with Crippen molar-refractivity contribution in [1.82, 2.24) is 0 Å². The highest BCUT2D eigenvalue weighted by atomic mass is 16.4. The van der Waals surface area contributed by atoms with Crippen molar-refractivity contribution in [2.75, 3.05) is 5.32 Å². The Kier molecular flexibility index (Phi) is 3.21. The minimum absolute atomic E-state index is 0.119. The van der Waals surface area contributed by atoms with Crippen LogP contribution in [0.4, 0.5) is 5.69 Å². The van der Waals surface area contributed by atoms with Gasteiger partial charge in [0, 0.05) is 18.0 Å². The topological polar surface area (TPSA) is 66.4 Å². The number of anilines is 1. The van der Waals surface area contributed by atoms with Crippen LogP contribution in [0.3, 0.4) is 0 Å². The first-order valence-corrected chi connectivity index (χ1v) is 8.25. The van der Waals surface area contributed by atoms with Crippen LogP contribution < -0.4 is 5.32 Å². The molecule has 0 aliphatic heterocycles. The number of amides is 1. The van der Waals surface area contributed by atoms with Crippen LogP contribution in [-0.4, -0.2) is 17.0 Å². The fourth-order valence-electron chi connectivity index (χ4n) is 4.96. The van der Waals surface area contributed by atoms with Gasteiger partial charge in [-0.1, -0.05) is 12.1 Å². The molecule has 116 valence electrons. The molecule has 2 N–H and O–H groups in total. The van der Waals surface area contributed by atoms with Crippen molar-refractivity contribution >= 4 is 17.6 Å². The highest BCUT2D eigenvalue weighted by molar-refractivity contribution is 5.95. The van der Waals surface area contributed by atoms with Gasteiger partial charge in [-0.25, -0.2) is 0 Å². The van der Waals surface area contributed by atoms with E-state index in [1.165, 1.54) is 19.3 Å². The Morgan fingerprint density at radius 3 is 2.59 bits per heavy atom. The standard InChI is InChI=1S/C18H21NO3/c20-14(21)7-4-10-2-1-3-13(8-10)19-18(22)17-15-11-5-6-12(9-11)16(15)17/h1-3,8,11-12,15-17H,4-7,9H2,(H,19,22)(H,20,21). The van der Waals surface area contributed by atoms with E-state index >= 15 is 0 Å². The monoisotopic (exact) mass is 299 g/mol. The molecule has 4 rings (SSSR count). The van der Waals surface area contributed by atoms with Gasteiger partial charge in [0.1, 0.15) is 0 Å². The SMILES string of the molecule is O=C(O)CCc1cccc(NC(=O)C2C3C4CCC(C4)C23)c1. The van der Waals surface area contributed by atoms with Gasteiger partial charge in [0.05, 0.1) is 0 Å². The number of benzene rings is 1. The first-order valence-electron chi connectivity index (χ1n) is 8.25. The van der Waals surface area contributed by atoms with E-state index < -0.39 is 5.97 Å². The van der Waals surface area contributed by atoms with Crippen molar-refractivity contribution in [1.29, 1.82) is 0 Å². The molecule has 0 spiro atoms. The van der Waals surface area contributed by atoms with Gasteiger partial charge in [-0.15, -0.1) is 0 Å². The van der Waals surface area contributed by atoms with Gasteiger partial charge in [0.25, 0.3) is 0 Å². The lowest BCUT2D eigenvalue weighted by Gasteiger charge is -2.10. The lowest BCUT2D eigenvalue weighted by molar-refractivity contribution is -0.137. The average molecular weight is 299 g/mol. The normalized spacial score (nSPS) is 34.3. The maximum Gasteiger partial charge on any atom is 0.303 e. The number of fused-ring (bicyclic) bond motifs is 5. The smallest absolute Gasteiger partial charge is 0.303 e. The lowest BCUT2D eigenvalue weighted by Crippen LogP contribution is -2.18. The van der Waals surface area contributed by atoms with Crippen molar-refractivity contribution in [2.45, 2.75) is 32.1 Å². The molecule has 4 unspecified atom stereocenters.